The van der Waals surface area contributed by atoms with E-state index in [0.717, 1.165) is 36.9 Å². The first-order valence-electron chi connectivity index (χ1n) is 7.89. The third kappa shape index (κ3) is 3.44. The number of para-hydroxylation sites is 1. The predicted molar refractivity (Wildman–Crippen MR) is 90.5 cm³/mol. The Morgan fingerprint density at radius 1 is 1.29 bits per heavy atom. The lowest BCUT2D eigenvalue weighted by Gasteiger charge is -2.21. The molecule has 0 saturated carbocycles. The molecule has 0 unspecified atom stereocenters. The summed E-state index contributed by atoms with van der Waals surface area (Å²) < 4.78 is 0. The van der Waals surface area contributed by atoms with Crippen molar-refractivity contribution in [2.45, 2.75) is 39.2 Å². The summed E-state index contributed by atoms with van der Waals surface area (Å²) in [5.41, 5.74) is 3.96. The van der Waals surface area contributed by atoms with Crippen molar-refractivity contribution in [2.75, 3.05) is 18.0 Å². The van der Waals surface area contributed by atoms with Gasteiger partial charge in [0.25, 0.3) is 0 Å². The quantitative estimate of drug-likeness (QED) is 0.842. The fraction of sp³-hybridized carbons (Fsp3) is 0.471. The lowest BCUT2D eigenvalue weighted by molar-refractivity contribution is 0.666. The number of hydrogen-bond donors (Lipinski definition) is 1. The molecule has 1 aliphatic rings. The van der Waals surface area contributed by atoms with Gasteiger partial charge in [-0.3, -0.25) is 0 Å². The summed E-state index contributed by atoms with van der Waals surface area (Å²) in [4.78, 5) is 7.23. The van der Waals surface area contributed by atoms with Gasteiger partial charge in [-0.15, -0.1) is 11.3 Å². The number of nitrogens with one attached hydrogen (secondary N) is 1. The minimum Gasteiger partial charge on any atom is -0.318 e. The van der Waals surface area contributed by atoms with E-state index < -0.39 is 0 Å². The molecule has 21 heavy (non-hydrogen) atoms. The first kappa shape index (κ1) is 14.5. The van der Waals surface area contributed by atoms with Gasteiger partial charge in [0.1, 0.15) is 0 Å². The van der Waals surface area contributed by atoms with E-state index in [1.54, 1.807) is 11.3 Å². The molecular weight excluding hydrogens is 278 g/mol. The van der Waals surface area contributed by atoms with Gasteiger partial charge in [0.05, 0.1) is 5.69 Å². The highest BCUT2D eigenvalue weighted by Crippen LogP contribution is 2.34. The molecule has 2 heterocycles. The van der Waals surface area contributed by atoms with E-state index in [1.807, 2.05) is 0 Å². The number of anilines is 2. The molecule has 4 heteroatoms. The van der Waals surface area contributed by atoms with Crippen LogP contribution in [0.2, 0.25) is 0 Å². The van der Waals surface area contributed by atoms with Crippen molar-refractivity contribution < 1.29 is 0 Å². The molecule has 1 aliphatic heterocycles. The van der Waals surface area contributed by atoms with E-state index in [-0.39, 0.29) is 0 Å². The van der Waals surface area contributed by atoms with Crippen molar-refractivity contribution in [1.29, 1.82) is 0 Å². The van der Waals surface area contributed by atoms with Crippen LogP contribution in [0.4, 0.5) is 10.8 Å². The van der Waals surface area contributed by atoms with Crippen molar-refractivity contribution in [3.8, 4) is 0 Å². The monoisotopic (exact) mass is 301 g/mol. The summed E-state index contributed by atoms with van der Waals surface area (Å²) in [6.45, 7) is 5.19. The first-order chi connectivity index (χ1) is 10.4. The summed E-state index contributed by atoms with van der Waals surface area (Å²) in [5.74, 6) is 0. The van der Waals surface area contributed by atoms with Gasteiger partial charge in [0.15, 0.2) is 5.13 Å². The van der Waals surface area contributed by atoms with Crippen LogP contribution in [-0.4, -0.2) is 18.1 Å². The molecule has 0 spiro atoms. The summed E-state index contributed by atoms with van der Waals surface area (Å²) >= 11 is 1.76. The van der Waals surface area contributed by atoms with Gasteiger partial charge in [-0.25, -0.2) is 4.98 Å². The number of aryl methyl sites for hydroxylation is 1. The lowest BCUT2D eigenvalue weighted by Crippen LogP contribution is -2.18. The van der Waals surface area contributed by atoms with E-state index >= 15 is 0 Å². The summed E-state index contributed by atoms with van der Waals surface area (Å²) in [6, 6.07) is 8.76. The molecule has 0 amide bonds. The zero-order valence-electron chi connectivity index (χ0n) is 12.6. The molecule has 3 rings (SSSR count). The van der Waals surface area contributed by atoms with E-state index in [4.69, 9.17) is 4.98 Å². The minimum absolute atomic E-state index is 0.875. The maximum absolute atomic E-state index is 4.83. The van der Waals surface area contributed by atoms with Crippen LogP contribution in [0.1, 0.15) is 37.4 Å². The summed E-state index contributed by atoms with van der Waals surface area (Å²) in [6.07, 6.45) is 4.85. The molecule has 0 saturated heterocycles. The molecule has 1 N–H and O–H groups in total. The summed E-state index contributed by atoms with van der Waals surface area (Å²) in [5, 5.41) is 6.75. The molecule has 1 aromatic carbocycles. The molecule has 0 bridgehead atoms. The van der Waals surface area contributed by atoms with Gasteiger partial charge in [-0.1, -0.05) is 25.1 Å². The van der Waals surface area contributed by atoms with Gasteiger partial charge in [-0.2, -0.15) is 0 Å². The Bertz CT molecular complexity index is 579. The van der Waals surface area contributed by atoms with Crippen LogP contribution >= 0.6 is 11.3 Å². The molecule has 3 nitrogen and oxygen atoms in total. The number of rotatable bonds is 5. The Kier molecular flexibility index (Phi) is 4.88. The Hall–Kier alpha value is -1.39. The lowest BCUT2D eigenvalue weighted by atomic mass is 10.1. The highest BCUT2D eigenvalue weighted by molar-refractivity contribution is 7.13. The number of nitrogens with zero attached hydrogens (tertiary/aromatic N) is 2. The smallest absolute Gasteiger partial charge is 0.190 e. The molecule has 0 aliphatic carbocycles. The van der Waals surface area contributed by atoms with Gasteiger partial charge in [0.2, 0.25) is 0 Å². The van der Waals surface area contributed by atoms with E-state index in [0.29, 0.717) is 0 Å². The second-order valence-corrected chi connectivity index (χ2v) is 6.37. The second kappa shape index (κ2) is 7.05. The number of benzene rings is 1. The molecule has 0 fully saturated rings. The average Bonchev–Trinajstić information content (AvgIpc) is 2.87. The average molecular weight is 301 g/mol. The number of hydrogen-bond acceptors (Lipinski definition) is 4. The number of fused-ring (bicyclic) bond motifs is 1. The minimum atomic E-state index is 0.875. The second-order valence-electron chi connectivity index (χ2n) is 5.54. The normalized spacial score (nSPS) is 14.8. The predicted octanol–water partition coefficient (Wildman–Crippen LogP) is 4.12. The van der Waals surface area contributed by atoms with E-state index in [1.165, 1.54) is 30.5 Å². The first-order valence-corrected chi connectivity index (χ1v) is 8.77. The standard InChI is InChI=1S/C17H23N3S/c1-2-10-18-12-15-13-21-17(19-15)20-11-6-5-8-14-7-3-4-9-16(14)20/h3-4,7,9,13,18H,2,5-6,8,10-12H2,1H3. The van der Waals surface area contributed by atoms with Crippen LogP contribution in [0.5, 0.6) is 0 Å². The Morgan fingerprint density at radius 2 is 2.19 bits per heavy atom. The molecular formula is C17H23N3S. The maximum atomic E-state index is 4.83. The third-order valence-corrected chi connectivity index (χ3v) is 4.78. The van der Waals surface area contributed by atoms with Gasteiger partial charge < -0.3 is 10.2 Å². The van der Waals surface area contributed by atoms with Crippen LogP contribution in [0, 0.1) is 0 Å². The van der Waals surface area contributed by atoms with Crippen LogP contribution in [0.25, 0.3) is 0 Å². The van der Waals surface area contributed by atoms with Crippen LogP contribution in [0.15, 0.2) is 29.6 Å². The highest BCUT2D eigenvalue weighted by Gasteiger charge is 2.18. The Labute approximate surface area is 131 Å². The third-order valence-electron chi connectivity index (χ3n) is 3.86. The molecule has 112 valence electrons. The molecule has 0 radical (unpaired) electrons. The zero-order valence-corrected chi connectivity index (χ0v) is 13.5. The highest BCUT2D eigenvalue weighted by atomic mass is 32.1. The largest absolute Gasteiger partial charge is 0.318 e. The Morgan fingerprint density at radius 3 is 3.10 bits per heavy atom. The fourth-order valence-electron chi connectivity index (χ4n) is 2.78. The van der Waals surface area contributed by atoms with Crippen molar-refractivity contribution >= 4 is 22.2 Å². The summed E-state index contributed by atoms with van der Waals surface area (Å²) in [7, 11) is 0. The van der Waals surface area contributed by atoms with Crippen molar-refractivity contribution in [3.05, 3.63) is 40.9 Å². The van der Waals surface area contributed by atoms with Crippen LogP contribution in [-0.2, 0) is 13.0 Å². The van der Waals surface area contributed by atoms with Crippen LogP contribution < -0.4 is 10.2 Å². The Balaban J connectivity index is 1.80. The zero-order chi connectivity index (χ0) is 14.5. The molecule has 1 aromatic heterocycles. The maximum Gasteiger partial charge on any atom is 0.190 e. The SMILES string of the molecule is CCCNCc1csc(N2CCCCc3ccccc32)n1. The van der Waals surface area contributed by atoms with Crippen molar-refractivity contribution in [3.63, 3.8) is 0 Å². The van der Waals surface area contributed by atoms with Crippen molar-refractivity contribution in [2.24, 2.45) is 0 Å². The van der Waals surface area contributed by atoms with E-state index in [2.05, 4.69) is 46.8 Å². The van der Waals surface area contributed by atoms with Crippen molar-refractivity contribution in [1.82, 2.24) is 10.3 Å². The molecule has 2 aromatic rings. The topological polar surface area (TPSA) is 28.2 Å². The van der Waals surface area contributed by atoms with Gasteiger partial charge in [-0.05, 0) is 43.9 Å². The molecule has 0 atom stereocenters. The van der Waals surface area contributed by atoms with Crippen LogP contribution in [0.3, 0.4) is 0 Å². The van der Waals surface area contributed by atoms with Gasteiger partial charge >= 0.3 is 0 Å². The fourth-order valence-corrected chi connectivity index (χ4v) is 3.65. The van der Waals surface area contributed by atoms with E-state index in [9.17, 15) is 0 Å². The number of thiazole rings is 1. The number of aromatic nitrogens is 1. The van der Waals surface area contributed by atoms with Gasteiger partial charge in [0, 0.05) is 24.2 Å².